The molecule has 0 radical (unpaired) electrons. The maximum atomic E-state index is 15.4. The number of hydrogen-bond acceptors (Lipinski definition) is 5. The normalized spacial score (nSPS) is 20.3. The van der Waals surface area contributed by atoms with E-state index in [2.05, 4.69) is 10.4 Å². The maximum absolute atomic E-state index is 15.4. The highest BCUT2D eigenvalue weighted by Gasteiger charge is 2.40. The van der Waals surface area contributed by atoms with Crippen molar-refractivity contribution in [1.29, 1.82) is 0 Å². The number of aromatic nitrogens is 4. The summed E-state index contributed by atoms with van der Waals surface area (Å²) in [5.74, 6) is -0.181. The van der Waals surface area contributed by atoms with E-state index in [1.54, 1.807) is 31.0 Å². The van der Waals surface area contributed by atoms with Crippen molar-refractivity contribution in [3.05, 3.63) is 65.1 Å². The second-order valence-electron chi connectivity index (χ2n) is 10.0. The quantitative estimate of drug-likeness (QED) is 0.507. The number of anilines is 1. The van der Waals surface area contributed by atoms with E-state index in [9.17, 15) is 4.79 Å². The van der Waals surface area contributed by atoms with Crippen LogP contribution < -0.4 is 5.32 Å². The van der Waals surface area contributed by atoms with Crippen molar-refractivity contribution in [2.45, 2.75) is 70.6 Å². The molecule has 1 fully saturated rings. The lowest BCUT2D eigenvalue weighted by atomic mass is 10.0. The van der Waals surface area contributed by atoms with Gasteiger partial charge in [-0.2, -0.15) is 10.2 Å². The minimum absolute atomic E-state index is 0.313. The molecular formula is C26H34FN5O3. The zero-order valence-corrected chi connectivity index (χ0v) is 21.0. The van der Waals surface area contributed by atoms with Crippen LogP contribution in [0.1, 0.15) is 67.0 Å². The number of halogens is 1. The molecule has 0 aliphatic heterocycles. The maximum Gasteiger partial charge on any atom is 0.275 e. The first-order valence-electron chi connectivity index (χ1n) is 11.9. The van der Waals surface area contributed by atoms with Crippen molar-refractivity contribution in [1.82, 2.24) is 19.6 Å². The third-order valence-corrected chi connectivity index (χ3v) is 6.25. The molecular weight excluding hydrogens is 449 g/mol. The monoisotopic (exact) mass is 483 g/mol. The van der Waals surface area contributed by atoms with Crippen LogP contribution in [0, 0.1) is 0 Å². The first-order chi connectivity index (χ1) is 16.7. The van der Waals surface area contributed by atoms with Gasteiger partial charge in [0.15, 0.2) is 0 Å². The number of nitrogens with one attached hydrogen (secondary N) is 1. The van der Waals surface area contributed by atoms with E-state index in [4.69, 9.17) is 14.6 Å². The van der Waals surface area contributed by atoms with Gasteiger partial charge in [0.2, 0.25) is 0 Å². The zero-order valence-electron chi connectivity index (χ0n) is 21.0. The van der Waals surface area contributed by atoms with Gasteiger partial charge >= 0.3 is 0 Å². The van der Waals surface area contributed by atoms with Gasteiger partial charge in [0, 0.05) is 26.1 Å². The summed E-state index contributed by atoms with van der Waals surface area (Å²) in [6.45, 7) is 6.68. The average Bonchev–Trinajstić information content (AvgIpc) is 3.50. The highest BCUT2D eigenvalue weighted by Crippen LogP contribution is 2.40. The van der Waals surface area contributed by atoms with E-state index in [1.807, 2.05) is 51.1 Å². The Morgan fingerprint density at radius 2 is 1.89 bits per heavy atom. The van der Waals surface area contributed by atoms with E-state index in [0.717, 1.165) is 5.56 Å². The van der Waals surface area contributed by atoms with Crippen LogP contribution in [0.4, 0.5) is 10.2 Å². The predicted octanol–water partition coefficient (Wildman–Crippen LogP) is 4.57. The molecule has 9 heteroatoms. The van der Waals surface area contributed by atoms with Crippen molar-refractivity contribution in [2.75, 3.05) is 12.4 Å². The number of benzene rings is 1. The highest BCUT2D eigenvalue weighted by molar-refractivity contribution is 6.02. The van der Waals surface area contributed by atoms with E-state index < -0.39 is 17.8 Å². The fraction of sp³-hybridized carbons (Fsp3) is 0.500. The molecule has 2 aromatic heterocycles. The van der Waals surface area contributed by atoms with Gasteiger partial charge in [0.1, 0.15) is 17.7 Å². The summed E-state index contributed by atoms with van der Waals surface area (Å²) < 4.78 is 29.7. The van der Waals surface area contributed by atoms with Crippen LogP contribution >= 0.6 is 0 Å². The number of carbonyl (C=O) groups is 1. The van der Waals surface area contributed by atoms with E-state index in [1.165, 1.54) is 4.68 Å². The highest BCUT2D eigenvalue weighted by atomic mass is 19.1. The Bertz CT molecular complexity index is 1150. The van der Waals surface area contributed by atoms with Gasteiger partial charge in [-0.25, -0.2) is 9.07 Å². The van der Waals surface area contributed by atoms with Crippen molar-refractivity contribution in [3.63, 3.8) is 0 Å². The Hall–Kier alpha value is -3.04. The van der Waals surface area contributed by atoms with Crippen LogP contribution in [-0.4, -0.2) is 44.9 Å². The molecule has 0 unspecified atom stereocenters. The minimum Gasteiger partial charge on any atom is -0.378 e. The van der Waals surface area contributed by atoms with Crippen LogP contribution in [0.5, 0.6) is 0 Å². The summed E-state index contributed by atoms with van der Waals surface area (Å²) in [6.07, 6.45) is -0.386. The predicted molar refractivity (Wildman–Crippen MR) is 131 cm³/mol. The largest absolute Gasteiger partial charge is 0.378 e. The number of hydrogen-bond donors (Lipinski definition) is 1. The minimum atomic E-state index is -1.17. The topological polar surface area (TPSA) is 83.2 Å². The SMILES string of the molecule is COCc1cc(C(=O)Nc2cc([C@@H]3CC[C@H](OCc4ccccc4)[C@H]3F)nn2C(C)(C)C)n(C)n1. The second kappa shape index (κ2) is 10.3. The first kappa shape index (κ1) is 25.1. The van der Waals surface area contributed by atoms with Crippen molar-refractivity contribution >= 4 is 11.7 Å². The fourth-order valence-corrected chi connectivity index (χ4v) is 4.50. The summed E-state index contributed by atoms with van der Waals surface area (Å²) >= 11 is 0. The fourth-order valence-electron chi connectivity index (χ4n) is 4.50. The molecule has 8 nitrogen and oxygen atoms in total. The third-order valence-electron chi connectivity index (χ3n) is 6.25. The number of alkyl halides is 1. The molecule has 35 heavy (non-hydrogen) atoms. The van der Waals surface area contributed by atoms with Gasteiger partial charge in [-0.15, -0.1) is 0 Å². The summed E-state index contributed by atoms with van der Waals surface area (Å²) in [7, 11) is 3.29. The molecule has 3 atom stereocenters. The molecule has 0 bridgehead atoms. The van der Waals surface area contributed by atoms with Crippen LogP contribution in [-0.2, 0) is 35.3 Å². The lowest BCUT2D eigenvalue weighted by Crippen LogP contribution is -2.27. The third kappa shape index (κ3) is 5.62. The van der Waals surface area contributed by atoms with E-state index in [0.29, 0.717) is 49.0 Å². The van der Waals surface area contributed by atoms with Crippen LogP contribution in [0.15, 0.2) is 42.5 Å². The second-order valence-corrected chi connectivity index (χ2v) is 10.0. The number of ether oxygens (including phenoxy) is 2. The molecule has 1 saturated carbocycles. The Morgan fingerprint density at radius 1 is 1.14 bits per heavy atom. The molecule has 0 saturated heterocycles. The Labute approximate surface area is 205 Å². The Kier molecular flexibility index (Phi) is 7.37. The summed E-state index contributed by atoms with van der Waals surface area (Å²) in [5.41, 5.74) is 2.30. The molecule has 1 aliphatic carbocycles. The number of methoxy groups -OCH3 is 1. The first-order valence-corrected chi connectivity index (χ1v) is 11.9. The smallest absolute Gasteiger partial charge is 0.275 e. The van der Waals surface area contributed by atoms with E-state index >= 15 is 4.39 Å². The number of carbonyl (C=O) groups excluding carboxylic acids is 1. The molecule has 1 N–H and O–H groups in total. The molecule has 1 aliphatic rings. The molecule has 4 rings (SSSR count). The molecule has 188 valence electrons. The molecule has 3 aromatic rings. The lowest BCUT2D eigenvalue weighted by molar-refractivity contribution is 0.000516. The van der Waals surface area contributed by atoms with Crippen LogP contribution in [0.25, 0.3) is 0 Å². The summed E-state index contributed by atoms with van der Waals surface area (Å²) in [4.78, 5) is 13.1. The van der Waals surface area contributed by atoms with E-state index in [-0.39, 0.29) is 11.8 Å². The summed E-state index contributed by atoms with van der Waals surface area (Å²) in [6, 6.07) is 13.3. The van der Waals surface area contributed by atoms with Crippen LogP contribution in [0.2, 0.25) is 0 Å². The number of nitrogens with zero attached hydrogens (tertiary/aromatic N) is 4. The average molecular weight is 484 g/mol. The Balaban J connectivity index is 1.51. The van der Waals surface area contributed by atoms with Crippen molar-refractivity contribution in [3.8, 4) is 0 Å². The van der Waals surface area contributed by atoms with Gasteiger partial charge in [-0.3, -0.25) is 9.48 Å². The molecule has 1 amide bonds. The molecule has 1 aromatic carbocycles. The number of aryl methyl sites for hydroxylation is 1. The van der Waals surface area contributed by atoms with Gasteiger partial charge in [-0.05, 0) is 45.2 Å². The molecule has 2 heterocycles. The van der Waals surface area contributed by atoms with Gasteiger partial charge in [0.05, 0.1) is 36.2 Å². The van der Waals surface area contributed by atoms with Crippen molar-refractivity contribution in [2.24, 2.45) is 7.05 Å². The lowest BCUT2D eigenvalue weighted by Gasteiger charge is -2.22. The van der Waals surface area contributed by atoms with Gasteiger partial charge < -0.3 is 14.8 Å². The van der Waals surface area contributed by atoms with Gasteiger partial charge in [0.25, 0.3) is 5.91 Å². The van der Waals surface area contributed by atoms with Crippen molar-refractivity contribution < 1.29 is 18.7 Å². The standard InChI is InChI=1S/C26H34FN5O3/c1-26(2,3)32-23(28-25(33)21-13-18(16-34-5)29-31(21)4)14-20(30-32)19-11-12-22(24(19)27)35-15-17-9-7-6-8-10-17/h6-10,13-14,19,22,24H,11-12,15-16H2,1-5H3,(H,28,33)/t19-,22-,24-/m0/s1. The Morgan fingerprint density at radius 3 is 2.57 bits per heavy atom. The zero-order chi connectivity index (χ0) is 25.2. The van der Waals surface area contributed by atoms with Crippen LogP contribution in [0.3, 0.4) is 0 Å². The number of amides is 1. The summed E-state index contributed by atoms with van der Waals surface area (Å²) in [5, 5.41) is 12.0. The van der Waals surface area contributed by atoms with Gasteiger partial charge in [-0.1, -0.05) is 30.3 Å². The molecule has 0 spiro atoms. The number of rotatable bonds is 8.